The zero-order chi connectivity index (χ0) is 13.0. The van der Waals surface area contributed by atoms with Crippen molar-refractivity contribution in [3.63, 3.8) is 0 Å². The van der Waals surface area contributed by atoms with Crippen LogP contribution in [-0.4, -0.2) is 28.1 Å². The molecule has 5 heteroatoms. The fourth-order valence-electron chi connectivity index (χ4n) is 2.47. The third-order valence-electron chi connectivity index (χ3n) is 3.27. The molecule has 0 aliphatic heterocycles. The Balaban J connectivity index is 1.78. The maximum Gasteiger partial charge on any atom is 0.231 e. The molecule has 18 heavy (non-hydrogen) atoms. The van der Waals surface area contributed by atoms with Gasteiger partial charge in [0.1, 0.15) is 5.82 Å². The monoisotopic (exact) mass is 252 g/mol. The van der Waals surface area contributed by atoms with E-state index in [1.165, 1.54) is 19.0 Å². The van der Waals surface area contributed by atoms with E-state index in [1.54, 1.807) is 0 Å². The minimum atomic E-state index is -0.537. The Morgan fingerprint density at radius 2 is 1.78 bits per heavy atom. The average Bonchev–Trinajstić information content (AvgIpc) is 2.34. The number of nitrogens with zero attached hydrogens (tertiary/aromatic N) is 2. The van der Waals surface area contributed by atoms with Crippen LogP contribution in [0.5, 0.6) is 0 Å². The van der Waals surface area contributed by atoms with Crippen LogP contribution >= 0.6 is 0 Å². The quantitative estimate of drug-likeness (QED) is 0.863. The van der Waals surface area contributed by atoms with Crippen LogP contribution in [0.25, 0.3) is 0 Å². The molecule has 1 heterocycles. The van der Waals surface area contributed by atoms with E-state index >= 15 is 0 Å². The molecule has 4 nitrogen and oxygen atoms in total. The normalized spacial score (nSPS) is 24.2. The number of halogens is 1. The van der Waals surface area contributed by atoms with Gasteiger partial charge in [-0.25, -0.2) is 9.97 Å². The molecule has 100 valence electrons. The second-order valence-electron chi connectivity index (χ2n) is 5.24. The maximum absolute atomic E-state index is 12.6. The number of rotatable bonds is 4. The van der Waals surface area contributed by atoms with Gasteiger partial charge >= 0.3 is 0 Å². The molecule has 1 aromatic heterocycles. The summed E-state index contributed by atoms with van der Waals surface area (Å²) >= 11 is 0. The molecule has 1 aliphatic carbocycles. The van der Waals surface area contributed by atoms with E-state index in [9.17, 15) is 4.39 Å². The van der Waals surface area contributed by atoms with Crippen molar-refractivity contribution in [3.8, 4) is 0 Å². The van der Waals surface area contributed by atoms with E-state index in [0.29, 0.717) is 23.9 Å². The highest BCUT2D eigenvalue weighted by Gasteiger charge is 2.21. The molecule has 0 bridgehead atoms. The van der Waals surface area contributed by atoms with Crippen LogP contribution in [-0.2, 0) is 0 Å². The lowest BCUT2D eigenvalue weighted by atomic mass is 9.91. The first-order chi connectivity index (χ1) is 8.63. The summed E-state index contributed by atoms with van der Waals surface area (Å²) in [5.41, 5.74) is 0. The van der Waals surface area contributed by atoms with Crippen molar-refractivity contribution in [2.24, 2.45) is 0 Å². The summed E-state index contributed by atoms with van der Waals surface area (Å²) in [5.74, 6) is 0.127. The van der Waals surface area contributed by atoms with Crippen LogP contribution in [0.4, 0.5) is 10.2 Å². The van der Waals surface area contributed by atoms with Gasteiger partial charge in [0, 0.05) is 18.1 Å². The van der Waals surface area contributed by atoms with Crippen LogP contribution in [0.15, 0.2) is 12.4 Å². The largest absolute Gasteiger partial charge is 0.366 e. The zero-order valence-electron chi connectivity index (χ0n) is 11.0. The zero-order valence-corrected chi connectivity index (χ0v) is 11.0. The lowest BCUT2D eigenvalue weighted by molar-refractivity contribution is 0.335. The van der Waals surface area contributed by atoms with Gasteiger partial charge < -0.3 is 10.6 Å². The van der Waals surface area contributed by atoms with Gasteiger partial charge in [-0.2, -0.15) is 4.39 Å². The van der Waals surface area contributed by atoms with E-state index < -0.39 is 5.95 Å². The van der Waals surface area contributed by atoms with Gasteiger partial charge in [0.05, 0.1) is 12.4 Å². The first-order valence-corrected chi connectivity index (χ1v) is 6.63. The molecule has 1 aromatic rings. The predicted octanol–water partition coefficient (Wildman–Crippen LogP) is 2.34. The van der Waals surface area contributed by atoms with Gasteiger partial charge in [-0.05, 0) is 25.7 Å². The van der Waals surface area contributed by atoms with Gasteiger partial charge in [0.2, 0.25) is 5.95 Å². The lowest BCUT2D eigenvalue weighted by Crippen LogP contribution is -2.40. The van der Waals surface area contributed by atoms with Crippen LogP contribution in [0.2, 0.25) is 0 Å². The molecule has 2 rings (SSSR count). The van der Waals surface area contributed by atoms with Gasteiger partial charge in [-0.1, -0.05) is 13.8 Å². The summed E-state index contributed by atoms with van der Waals surface area (Å²) in [6.45, 7) is 4.36. The van der Waals surface area contributed by atoms with Crippen molar-refractivity contribution in [3.05, 3.63) is 18.3 Å². The Bertz CT molecular complexity index is 358. The smallest absolute Gasteiger partial charge is 0.231 e. The summed E-state index contributed by atoms with van der Waals surface area (Å²) in [5, 5.41) is 6.88. The summed E-state index contributed by atoms with van der Waals surface area (Å²) in [4.78, 5) is 7.57. The van der Waals surface area contributed by atoms with E-state index in [2.05, 4.69) is 34.4 Å². The Kier molecular flexibility index (Phi) is 4.47. The Morgan fingerprint density at radius 1 is 1.11 bits per heavy atom. The average molecular weight is 252 g/mol. The highest BCUT2D eigenvalue weighted by Crippen LogP contribution is 2.21. The second-order valence-corrected chi connectivity index (χ2v) is 5.24. The van der Waals surface area contributed by atoms with Gasteiger partial charge in [-0.15, -0.1) is 0 Å². The van der Waals surface area contributed by atoms with Crippen molar-refractivity contribution in [1.82, 2.24) is 15.3 Å². The van der Waals surface area contributed by atoms with E-state index in [1.807, 2.05) is 0 Å². The van der Waals surface area contributed by atoms with Crippen molar-refractivity contribution >= 4 is 5.82 Å². The molecule has 0 spiro atoms. The van der Waals surface area contributed by atoms with E-state index in [4.69, 9.17) is 0 Å². The van der Waals surface area contributed by atoms with Crippen LogP contribution in [0, 0.1) is 5.95 Å². The maximum atomic E-state index is 12.6. The number of anilines is 1. The lowest BCUT2D eigenvalue weighted by Gasteiger charge is -2.31. The standard InChI is InChI=1S/C13H21FN4/c1-9(2)17-10-3-5-11(6-4-10)18-13-8-15-12(14)7-16-13/h7-11,17H,3-6H2,1-2H3,(H,16,18). The van der Waals surface area contributed by atoms with Crippen LogP contribution in [0.1, 0.15) is 39.5 Å². The fourth-order valence-corrected chi connectivity index (χ4v) is 2.47. The molecule has 1 fully saturated rings. The molecule has 1 aliphatic rings. The highest BCUT2D eigenvalue weighted by atomic mass is 19.1. The van der Waals surface area contributed by atoms with Crippen molar-refractivity contribution in [2.45, 2.75) is 57.7 Å². The molecule has 0 saturated heterocycles. The third kappa shape index (κ3) is 3.91. The number of hydrogen-bond acceptors (Lipinski definition) is 4. The van der Waals surface area contributed by atoms with Crippen molar-refractivity contribution in [2.75, 3.05) is 5.32 Å². The van der Waals surface area contributed by atoms with Crippen LogP contribution in [0.3, 0.4) is 0 Å². The molecule has 1 saturated carbocycles. The fraction of sp³-hybridized carbons (Fsp3) is 0.692. The van der Waals surface area contributed by atoms with Crippen LogP contribution < -0.4 is 10.6 Å². The molecule has 0 atom stereocenters. The molecule has 2 N–H and O–H groups in total. The summed E-state index contributed by atoms with van der Waals surface area (Å²) in [6.07, 6.45) is 7.17. The Morgan fingerprint density at radius 3 is 2.33 bits per heavy atom. The number of hydrogen-bond donors (Lipinski definition) is 2. The molecule has 0 radical (unpaired) electrons. The van der Waals surface area contributed by atoms with Gasteiger partial charge in [-0.3, -0.25) is 0 Å². The Hall–Kier alpha value is -1.23. The number of aromatic nitrogens is 2. The summed E-state index contributed by atoms with van der Waals surface area (Å²) in [6, 6.07) is 1.60. The molecule has 0 amide bonds. The van der Waals surface area contributed by atoms with E-state index in [-0.39, 0.29) is 0 Å². The summed E-state index contributed by atoms with van der Waals surface area (Å²) in [7, 11) is 0. The first kappa shape index (κ1) is 13.2. The predicted molar refractivity (Wildman–Crippen MR) is 69.9 cm³/mol. The van der Waals surface area contributed by atoms with Crippen molar-refractivity contribution < 1.29 is 4.39 Å². The molecule has 0 aromatic carbocycles. The Labute approximate surface area is 107 Å². The van der Waals surface area contributed by atoms with Crippen molar-refractivity contribution in [1.29, 1.82) is 0 Å². The van der Waals surface area contributed by atoms with E-state index in [0.717, 1.165) is 19.0 Å². The highest BCUT2D eigenvalue weighted by molar-refractivity contribution is 5.31. The van der Waals surface area contributed by atoms with Gasteiger partial charge in [0.15, 0.2) is 0 Å². The second kappa shape index (κ2) is 6.09. The SMILES string of the molecule is CC(C)NC1CCC(Nc2cnc(F)cn2)CC1. The summed E-state index contributed by atoms with van der Waals surface area (Å²) < 4.78 is 12.6. The molecular weight excluding hydrogens is 231 g/mol. The minimum Gasteiger partial charge on any atom is -0.366 e. The minimum absolute atomic E-state index is 0.426. The number of nitrogens with one attached hydrogen (secondary N) is 2. The topological polar surface area (TPSA) is 49.8 Å². The first-order valence-electron chi connectivity index (χ1n) is 6.63. The molecule has 0 unspecified atom stereocenters. The molecular formula is C13H21FN4. The third-order valence-corrected chi connectivity index (χ3v) is 3.27. The van der Waals surface area contributed by atoms with Gasteiger partial charge in [0.25, 0.3) is 0 Å².